The zero-order valence-corrected chi connectivity index (χ0v) is 14.9. The molecule has 1 fully saturated rings. The van der Waals surface area contributed by atoms with E-state index in [9.17, 15) is 8.42 Å². The van der Waals surface area contributed by atoms with Crippen LogP contribution in [0.15, 0.2) is 0 Å². The van der Waals surface area contributed by atoms with Crippen LogP contribution in [0.25, 0.3) is 0 Å². The highest BCUT2D eigenvalue weighted by atomic mass is 35.5. The molecule has 0 aliphatic heterocycles. The Balaban J connectivity index is 0.00000400. The summed E-state index contributed by atoms with van der Waals surface area (Å²) in [6, 6.07) is 0.561. The third kappa shape index (κ3) is 11.4. The molecular weight excluding hydrogens is 312 g/mol. The van der Waals surface area contributed by atoms with Crippen LogP contribution in [0.2, 0.25) is 0 Å². The van der Waals surface area contributed by atoms with Gasteiger partial charge in [0, 0.05) is 19.1 Å². The third-order valence-electron chi connectivity index (χ3n) is 3.54. The van der Waals surface area contributed by atoms with Gasteiger partial charge in [0.05, 0.1) is 18.5 Å². The fourth-order valence-electron chi connectivity index (χ4n) is 2.43. The highest BCUT2D eigenvalue weighted by molar-refractivity contribution is 7.89. The number of hydrogen-bond donors (Lipinski definition) is 2. The third-order valence-corrected chi connectivity index (χ3v) is 4.89. The summed E-state index contributed by atoms with van der Waals surface area (Å²) < 4.78 is 31.3. The summed E-state index contributed by atoms with van der Waals surface area (Å²) >= 11 is 0. The lowest BCUT2D eigenvalue weighted by atomic mass is 10.1. The lowest BCUT2D eigenvalue weighted by Gasteiger charge is -2.16. The van der Waals surface area contributed by atoms with Crippen LogP contribution in [0.5, 0.6) is 0 Å². The largest absolute Gasteiger partial charge is 0.378 e. The number of ether oxygens (including phenoxy) is 1. The van der Waals surface area contributed by atoms with Crippen molar-refractivity contribution in [3.63, 3.8) is 0 Å². The van der Waals surface area contributed by atoms with Crippen molar-refractivity contribution in [3.05, 3.63) is 0 Å². The lowest BCUT2D eigenvalue weighted by Crippen LogP contribution is -2.38. The fraction of sp³-hybridized carbons (Fsp3) is 1.00. The van der Waals surface area contributed by atoms with E-state index in [4.69, 9.17) is 4.74 Å². The molecule has 0 saturated heterocycles. The second-order valence-corrected chi connectivity index (χ2v) is 7.70. The number of rotatable bonds is 9. The minimum atomic E-state index is -3.20. The maximum absolute atomic E-state index is 11.7. The number of nitrogens with one attached hydrogen (secondary N) is 2. The Bertz CT molecular complexity index is 342. The SMILES string of the molecule is CC(C)OCCS(=O)(=O)NCCNC1CCCCCC1.Cl. The van der Waals surface area contributed by atoms with Gasteiger partial charge in [0.15, 0.2) is 0 Å². The molecular formula is C14H31ClN2O3S. The van der Waals surface area contributed by atoms with E-state index in [1.165, 1.54) is 38.5 Å². The van der Waals surface area contributed by atoms with Gasteiger partial charge in [0.25, 0.3) is 0 Å². The standard InChI is InChI=1S/C14H30N2O3S.ClH/c1-13(2)19-11-12-20(17,18)16-10-9-15-14-7-5-3-4-6-8-14;/h13-16H,3-12H2,1-2H3;1H. The van der Waals surface area contributed by atoms with E-state index in [1.54, 1.807) is 0 Å². The molecule has 1 aliphatic carbocycles. The van der Waals surface area contributed by atoms with Crippen LogP contribution in [-0.2, 0) is 14.8 Å². The lowest BCUT2D eigenvalue weighted by molar-refractivity contribution is 0.0911. The highest BCUT2D eigenvalue weighted by Crippen LogP contribution is 2.16. The molecule has 1 saturated carbocycles. The molecule has 1 aliphatic rings. The smallest absolute Gasteiger partial charge is 0.213 e. The molecule has 2 N–H and O–H groups in total. The van der Waals surface area contributed by atoms with Gasteiger partial charge in [-0.3, -0.25) is 0 Å². The first-order chi connectivity index (χ1) is 9.49. The zero-order chi connectivity index (χ0) is 14.8. The molecule has 0 unspecified atom stereocenters. The van der Waals surface area contributed by atoms with Crippen molar-refractivity contribution in [2.75, 3.05) is 25.4 Å². The van der Waals surface area contributed by atoms with Crippen LogP contribution in [0.4, 0.5) is 0 Å². The van der Waals surface area contributed by atoms with Crippen LogP contribution in [0.3, 0.4) is 0 Å². The van der Waals surface area contributed by atoms with E-state index in [-0.39, 0.29) is 30.9 Å². The van der Waals surface area contributed by atoms with E-state index in [0.717, 1.165) is 0 Å². The van der Waals surface area contributed by atoms with Gasteiger partial charge < -0.3 is 10.1 Å². The molecule has 0 aromatic heterocycles. The van der Waals surface area contributed by atoms with Crippen molar-refractivity contribution in [3.8, 4) is 0 Å². The molecule has 0 bridgehead atoms. The summed E-state index contributed by atoms with van der Waals surface area (Å²) in [5.74, 6) is 0.0363. The first-order valence-electron chi connectivity index (χ1n) is 7.82. The second kappa shape index (κ2) is 11.7. The van der Waals surface area contributed by atoms with Gasteiger partial charge >= 0.3 is 0 Å². The topological polar surface area (TPSA) is 67.4 Å². The van der Waals surface area contributed by atoms with Gasteiger partial charge in [-0.2, -0.15) is 0 Å². The van der Waals surface area contributed by atoms with E-state index in [1.807, 2.05) is 13.8 Å². The fourth-order valence-corrected chi connectivity index (χ4v) is 3.31. The van der Waals surface area contributed by atoms with Gasteiger partial charge in [-0.05, 0) is 26.7 Å². The molecule has 0 aromatic carbocycles. The van der Waals surface area contributed by atoms with Crippen molar-refractivity contribution in [2.45, 2.75) is 64.5 Å². The summed E-state index contributed by atoms with van der Waals surface area (Å²) in [6.07, 6.45) is 7.75. The molecule has 0 amide bonds. The zero-order valence-electron chi connectivity index (χ0n) is 13.3. The van der Waals surface area contributed by atoms with Crippen molar-refractivity contribution in [1.29, 1.82) is 0 Å². The maximum atomic E-state index is 11.7. The van der Waals surface area contributed by atoms with Gasteiger partial charge in [-0.1, -0.05) is 25.7 Å². The Morgan fingerprint density at radius 3 is 2.29 bits per heavy atom. The highest BCUT2D eigenvalue weighted by Gasteiger charge is 2.13. The Morgan fingerprint density at radius 1 is 1.10 bits per heavy atom. The number of sulfonamides is 1. The van der Waals surface area contributed by atoms with E-state index < -0.39 is 10.0 Å². The summed E-state index contributed by atoms with van der Waals surface area (Å²) in [5, 5.41) is 3.45. The van der Waals surface area contributed by atoms with Crippen LogP contribution in [0, 0.1) is 0 Å². The molecule has 21 heavy (non-hydrogen) atoms. The van der Waals surface area contributed by atoms with Crippen molar-refractivity contribution in [2.24, 2.45) is 0 Å². The Morgan fingerprint density at radius 2 is 1.71 bits per heavy atom. The maximum Gasteiger partial charge on any atom is 0.213 e. The molecule has 1 rings (SSSR count). The molecule has 7 heteroatoms. The molecule has 128 valence electrons. The van der Waals surface area contributed by atoms with Crippen LogP contribution in [0.1, 0.15) is 52.4 Å². The molecule has 0 aromatic rings. The quantitative estimate of drug-likeness (QED) is 0.497. The number of hydrogen-bond acceptors (Lipinski definition) is 4. The normalized spacial score (nSPS) is 17.5. The predicted octanol–water partition coefficient (Wildman–Crippen LogP) is 2.06. The first kappa shape index (κ1) is 21.1. The van der Waals surface area contributed by atoms with Gasteiger partial charge in [-0.25, -0.2) is 13.1 Å². The van der Waals surface area contributed by atoms with Gasteiger partial charge in [0.1, 0.15) is 0 Å². The Labute approximate surface area is 136 Å². The first-order valence-corrected chi connectivity index (χ1v) is 9.47. The summed E-state index contributed by atoms with van der Waals surface area (Å²) in [4.78, 5) is 0. The predicted molar refractivity (Wildman–Crippen MR) is 89.6 cm³/mol. The monoisotopic (exact) mass is 342 g/mol. The molecule has 0 radical (unpaired) electrons. The molecule has 0 spiro atoms. The summed E-state index contributed by atoms with van der Waals surface area (Å²) in [5.41, 5.74) is 0. The summed E-state index contributed by atoms with van der Waals surface area (Å²) in [6.45, 7) is 5.21. The number of halogens is 1. The second-order valence-electron chi connectivity index (χ2n) is 5.78. The van der Waals surface area contributed by atoms with Crippen LogP contribution < -0.4 is 10.0 Å². The van der Waals surface area contributed by atoms with Gasteiger partial charge in [-0.15, -0.1) is 12.4 Å². The summed E-state index contributed by atoms with van der Waals surface area (Å²) in [7, 11) is -3.20. The van der Waals surface area contributed by atoms with Crippen molar-refractivity contribution in [1.82, 2.24) is 10.0 Å². The average molecular weight is 343 g/mol. The molecule has 0 heterocycles. The minimum Gasteiger partial charge on any atom is -0.378 e. The molecule has 0 atom stereocenters. The minimum absolute atomic E-state index is 0. The van der Waals surface area contributed by atoms with Crippen molar-refractivity contribution >= 4 is 22.4 Å². The van der Waals surface area contributed by atoms with E-state index in [2.05, 4.69) is 10.0 Å². The Kier molecular flexibility index (Phi) is 11.7. The van der Waals surface area contributed by atoms with Crippen molar-refractivity contribution < 1.29 is 13.2 Å². The molecule has 5 nitrogen and oxygen atoms in total. The van der Waals surface area contributed by atoms with E-state index in [0.29, 0.717) is 19.1 Å². The average Bonchev–Trinajstić information content (AvgIpc) is 2.62. The van der Waals surface area contributed by atoms with Crippen LogP contribution in [-0.4, -0.2) is 46.0 Å². The Hall–Kier alpha value is 0.120. The van der Waals surface area contributed by atoms with Gasteiger partial charge in [0.2, 0.25) is 10.0 Å². The van der Waals surface area contributed by atoms with Crippen LogP contribution >= 0.6 is 12.4 Å². The van der Waals surface area contributed by atoms with E-state index >= 15 is 0 Å².